The summed E-state index contributed by atoms with van der Waals surface area (Å²) >= 11 is 3.23. The molecule has 0 aliphatic heterocycles. The summed E-state index contributed by atoms with van der Waals surface area (Å²) in [6.07, 6.45) is 0.820. The number of thioether (sulfide) groups is 1. The van der Waals surface area contributed by atoms with Gasteiger partial charge in [0.15, 0.2) is 16.8 Å². The van der Waals surface area contributed by atoms with Gasteiger partial charge >= 0.3 is 0 Å². The lowest BCUT2D eigenvalue weighted by Crippen LogP contribution is -2.03. The Kier molecular flexibility index (Phi) is 5.87. The maximum atomic E-state index is 5.39. The fourth-order valence-electron chi connectivity index (χ4n) is 2.82. The first kappa shape index (κ1) is 18.9. The van der Waals surface area contributed by atoms with Gasteiger partial charge in [-0.05, 0) is 22.9 Å². The minimum Gasteiger partial charge on any atom is -0.338 e. The predicted molar refractivity (Wildman–Crippen MR) is 111 cm³/mol. The van der Waals surface area contributed by atoms with Gasteiger partial charge in [0.1, 0.15) is 0 Å². The first-order valence-electron chi connectivity index (χ1n) is 9.14. The summed E-state index contributed by atoms with van der Waals surface area (Å²) in [6.45, 7) is 5.00. The molecule has 0 bridgehead atoms. The molecule has 8 heteroatoms. The number of hydrogen-bond acceptors (Lipinski definition) is 7. The molecule has 0 amide bonds. The Bertz CT molecular complexity index is 1010. The molecule has 0 aliphatic rings. The Morgan fingerprint density at radius 3 is 2.71 bits per heavy atom. The van der Waals surface area contributed by atoms with Gasteiger partial charge in [-0.2, -0.15) is 4.98 Å². The Morgan fingerprint density at radius 1 is 1.11 bits per heavy atom. The molecule has 0 saturated carbocycles. The lowest BCUT2D eigenvalue weighted by molar-refractivity contribution is 0.382. The van der Waals surface area contributed by atoms with Crippen molar-refractivity contribution in [3.63, 3.8) is 0 Å². The summed E-state index contributed by atoms with van der Waals surface area (Å²) in [5, 5.41) is 15.8. The van der Waals surface area contributed by atoms with Crippen LogP contribution in [0.3, 0.4) is 0 Å². The van der Waals surface area contributed by atoms with Crippen LogP contribution >= 0.6 is 23.1 Å². The summed E-state index contributed by atoms with van der Waals surface area (Å²) in [4.78, 5) is 5.59. The van der Waals surface area contributed by atoms with E-state index in [2.05, 4.69) is 62.3 Å². The molecule has 0 spiro atoms. The average molecular weight is 412 g/mol. The molecule has 0 unspecified atom stereocenters. The minimum atomic E-state index is 0.500. The van der Waals surface area contributed by atoms with E-state index in [0.29, 0.717) is 24.1 Å². The van der Waals surface area contributed by atoms with E-state index in [0.717, 1.165) is 28.1 Å². The molecule has 0 saturated heterocycles. The van der Waals surface area contributed by atoms with Crippen LogP contribution in [0.4, 0.5) is 0 Å². The van der Waals surface area contributed by atoms with Crippen LogP contribution in [0.25, 0.3) is 10.7 Å². The van der Waals surface area contributed by atoms with Crippen LogP contribution < -0.4 is 0 Å². The van der Waals surface area contributed by atoms with E-state index in [1.54, 1.807) is 23.1 Å². The fourth-order valence-corrected chi connectivity index (χ4v) is 4.31. The van der Waals surface area contributed by atoms with Gasteiger partial charge in [-0.3, -0.25) is 4.57 Å². The van der Waals surface area contributed by atoms with Gasteiger partial charge < -0.3 is 4.52 Å². The van der Waals surface area contributed by atoms with Crippen LogP contribution in [0.15, 0.2) is 57.5 Å². The highest BCUT2D eigenvalue weighted by Crippen LogP contribution is 2.29. The maximum absolute atomic E-state index is 5.39. The normalized spacial score (nSPS) is 11.4. The van der Waals surface area contributed by atoms with Crippen molar-refractivity contribution in [2.75, 3.05) is 0 Å². The zero-order chi connectivity index (χ0) is 19.3. The molecule has 0 atom stereocenters. The molecular weight excluding hydrogens is 390 g/mol. The molecule has 28 heavy (non-hydrogen) atoms. The van der Waals surface area contributed by atoms with Gasteiger partial charge in [0, 0.05) is 6.42 Å². The lowest BCUT2D eigenvalue weighted by atomic mass is 10.1. The van der Waals surface area contributed by atoms with Gasteiger partial charge in [-0.1, -0.05) is 67.2 Å². The third-order valence-corrected chi connectivity index (χ3v) is 5.88. The molecule has 3 heterocycles. The highest BCUT2D eigenvalue weighted by atomic mass is 32.2. The van der Waals surface area contributed by atoms with E-state index < -0.39 is 0 Å². The van der Waals surface area contributed by atoms with Gasteiger partial charge in [0.25, 0.3) is 0 Å². The number of nitrogens with zero attached hydrogens (tertiary/aromatic N) is 5. The average Bonchev–Trinajstić information content (AvgIpc) is 3.42. The van der Waals surface area contributed by atoms with Crippen LogP contribution in [0.5, 0.6) is 0 Å². The van der Waals surface area contributed by atoms with Crippen LogP contribution in [-0.2, 0) is 18.7 Å². The van der Waals surface area contributed by atoms with Crippen LogP contribution in [0.2, 0.25) is 0 Å². The summed E-state index contributed by atoms with van der Waals surface area (Å²) in [7, 11) is 0. The number of hydrogen-bond donors (Lipinski definition) is 0. The largest absolute Gasteiger partial charge is 0.338 e. The molecular formula is C20H21N5OS2. The number of thiophene rings is 1. The lowest BCUT2D eigenvalue weighted by Gasteiger charge is -2.09. The van der Waals surface area contributed by atoms with Crippen LogP contribution in [0.1, 0.15) is 31.1 Å². The minimum absolute atomic E-state index is 0.500. The Balaban J connectivity index is 1.55. The van der Waals surface area contributed by atoms with Gasteiger partial charge in [-0.15, -0.1) is 21.5 Å². The first-order chi connectivity index (χ1) is 13.7. The molecule has 4 rings (SSSR count). The predicted octanol–water partition coefficient (Wildman–Crippen LogP) is 4.93. The maximum Gasteiger partial charge on any atom is 0.237 e. The smallest absolute Gasteiger partial charge is 0.237 e. The van der Waals surface area contributed by atoms with E-state index in [-0.39, 0.29) is 0 Å². The zero-order valence-corrected chi connectivity index (χ0v) is 17.4. The van der Waals surface area contributed by atoms with E-state index in [4.69, 9.17) is 4.52 Å². The molecule has 144 valence electrons. The van der Waals surface area contributed by atoms with Gasteiger partial charge in [-0.25, -0.2) is 0 Å². The highest BCUT2D eigenvalue weighted by molar-refractivity contribution is 7.98. The molecule has 4 aromatic rings. The summed E-state index contributed by atoms with van der Waals surface area (Å²) in [6, 6.07) is 14.4. The Morgan fingerprint density at radius 2 is 1.96 bits per heavy atom. The molecule has 0 fully saturated rings. The quantitative estimate of drug-likeness (QED) is 0.383. The van der Waals surface area contributed by atoms with Crippen molar-refractivity contribution in [1.29, 1.82) is 0 Å². The molecule has 0 radical (unpaired) electrons. The summed E-state index contributed by atoms with van der Waals surface area (Å²) in [5.41, 5.74) is 1.21. The van der Waals surface area contributed by atoms with Gasteiger partial charge in [0.05, 0.1) is 17.2 Å². The fraction of sp³-hybridized carbons (Fsp3) is 0.300. The van der Waals surface area contributed by atoms with Crippen molar-refractivity contribution in [3.8, 4) is 10.7 Å². The van der Waals surface area contributed by atoms with Gasteiger partial charge in [0.2, 0.25) is 5.89 Å². The number of aromatic nitrogens is 5. The topological polar surface area (TPSA) is 69.6 Å². The van der Waals surface area contributed by atoms with Crippen molar-refractivity contribution >= 4 is 23.1 Å². The number of rotatable bonds is 8. The molecule has 0 N–H and O–H groups in total. The third-order valence-electron chi connectivity index (χ3n) is 4.07. The zero-order valence-electron chi connectivity index (χ0n) is 15.8. The van der Waals surface area contributed by atoms with E-state index in [9.17, 15) is 0 Å². The summed E-state index contributed by atoms with van der Waals surface area (Å²) < 4.78 is 7.54. The van der Waals surface area contributed by atoms with Crippen molar-refractivity contribution < 1.29 is 4.52 Å². The Labute approximate surface area is 172 Å². The Hall–Kier alpha value is -2.45. The SMILES string of the molecule is CC(C)Cc1noc(CSc2nnc(-c3cccs3)n2Cc2ccccc2)n1. The molecule has 6 nitrogen and oxygen atoms in total. The third kappa shape index (κ3) is 4.51. The van der Waals surface area contributed by atoms with E-state index in [1.165, 1.54) is 5.56 Å². The molecule has 1 aromatic carbocycles. The second-order valence-corrected chi connectivity index (χ2v) is 8.74. The summed E-state index contributed by atoms with van der Waals surface area (Å²) in [5.74, 6) is 3.33. The highest BCUT2D eigenvalue weighted by Gasteiger charge is 2.17. The van der Waals surface area contributed by atoms with Crippen molar-refractivity contribution in [2.45, 2.75) is 37.7 Å². The molecule has 0 aliphatic carbocycles. The van der Waals surface area contributed by atoms with Crippen molar-refractivity contribution in [1.82, 2.24) is 24.9 Å². The first-order valence-corrected chi connectivity index (χ1v) is 11.0. The monoisotopic (exact) mass is 411 g/mol. The standard InChI is InChI=1S/C20H21N5OS2/c1-14(2)11-17-21-18(26-24-17)13-28-20-23-22-19(16-9-6-10-27-16)25(20)12-15-7-4-3-5-8-15/h3-10,14H,11-13H2,1-2H3. The molecule has 3 aromatic heterocycles. The van der Waals surface area contributed by atoms with Crippen LogP contribution in [0, 0.1) is 5.92 Å². The number of benzene rings is 1. The van der Waals surface area contributed by atoms with E-state index in [1.807, 2.05) is 24.3 Å². The van der Waals surface area contributed by atoms with Crippen molar-refractivity contribution in [2.24, 2.45) is 5.92 Å². The second kappa shape index (κ2) is 8.70. The van der Waals surface area contributed by atoms with E-state index >= 15 is 0 Å². The van der Waals surface area contributed by atoms with Crippen molar-refractivity contribution in [3.05, 3.63) is 65.1 Å². The van der Waals surface area contributed by atoms with Crippen LogP contribution in [-0.4, -0.2) is 24.9 Å². The second-order valence-electron chi connectivity index (χ2n) is 6.85.